The molecule has 0 saturated heterocycles. The Kier molecular flexibility index (Phi) is 3.75. The first-order valence-electron chi connectivity index (χ1n) is 6.33. The maximum Gasteiger partial charge on any atom is 0.147 e. The maximum absolute atomic E-state index is 5.81. The normalized spacial score (nSPS) is 11.1. The van der Waals surface area contributed by atoms with Crippen LogP contribution in [0.1, 0.15) is 5.56 Å². The summed E-state index contributed by atoms with van der Waals surface area (Å²) >= 11 is 5.81. The van der Waals surface area contributed by atoms with Gasteiger partial charge in [-0.1, -0.05) is 17.7 Å². The summed E-state index contributed by atoms with van der Waals surface area (Å²) in [5, 5.41) is 5.64. The Morgan fingerprint density at radius 1 is 1.33 bits per heavy atom. The summed E-state index contributed by atoms with van der Waals surface area (Å²) in [7, 11) is 1.65. The molecule has 1 aromatic carbocycles. The summed E-state index contributed by atoms with van der Waals surface area (Å²) in [6, 6.07) is 11.2. The summed E-state index contributed by atoms with van der Waals surface area (Å²) in [4.78, 5) is 7.28. The third-order valence-electron chi connectivity index (χ3n) is 3.02. The van der Waals surface area contributed by atoms with Crippen molar-refractivity contribution < 1.29 is 4.74 Å². The number of benzene rings is 1. The molecule has 0 spiro atoms. The minimum absolute atomic E-state index is 0.423. The minimum atomic E-state index is 0.423. The van der Waals surface area contributed by atoms with Gasteiger partial charge in [0.05, 0.1) is 13.3 Å². The zero-order chi connectivity index (χ0) is 14.7. The largest absolute Gasteiger partial charge is 0.497 e. The molecule has 5 nitrogen and oxygen atoms in total. The Balaban J connectivity index is 1.82. The Morgan fingerprint density at radius 3 is 3.05 bits per heavy atom. The van der Waals surface area contributed by atoms with Gasteiger partial charge in [0, 0.05) is 22.7 Å². The van der Waals surface area contributed by atoms with Gasteiger partial charge in [0.25, 0.3) is 0 Å². The zero-order valence-corrected chi connectivity index (χ0v) is 12.1. The number of anilines is 1. The topological polar surface area (TPSA) is 62.3 Å². The first-order chi connectivity index (χ1) is 10.3. The lowest BCUT2D eigenvalue weighted by atomic mass is 10.2. The van der Waals surface area contributed by atoms with Crippen molar-refractivity contribution in [3.05, 3.63) is 53.3 Å². The molecule has 0 atom stereocenters. The van der Waals surface area contributed by atoms with Crippen LogP contribution in [0.4, 0.5) is 5.82 Å². The Labute approximate surface area is 126 Å². The first kappa shape index (κ1) is 13.5. The molecule has 0 amide bonds. The van der Waals surface area contributed by atoms with Crippen LogP contribution in [0.3, 0.4) is 0 Å². The molecule has 21 heavy (non-hydrogen) atoms. The van der Waals surface area contributed by atoms with Crippen LogP contribution in [0, 0.1) is 0 Å². The van der Waals surface area contributed by atoms with Gasteiger partial charge in [-0.2, -0.15) is 5.10 Å². The van der Waals surface area contributed by atoms with Gasteiger partial charge in [0.2, 0.25) is 0 Å². The van der Waals surface area contributed by atoms with Crippen molar-refractivity contribution in [3.63, 3.8) is 0 Å². The molecular weight excluding hydrogens is 288 g/mol. The number of fused-ring (bicyclic) bond motifs is 1. The number of methoxy groups -OCH3 is 1. The van der Waals surface area contributed by atoms with E-state index in [1.165, 1.54) is 0 Å². The van der Waals surface area contributed by atoms with Crippen molar-refractivity contribution in [1.82, 2.24) is 9.97 Å². The second kappa shape index (κ2) is 5.85. The molecule has 0 fully saturated rings. The van der Waals surface area contributed by atoms with Crippen LogP contribution >= 0.6 is 11.6 Å². The molecule has 6 heteroatoms. The number of ether oxygens (including phenoxy) is 1. The molecule has 2 heterocycles. The number of hydrogen-bond donors (Lipinski definition) is 2. The van der Waals surface area contributed by atoms with Gasteiger partial charge in [-0.25, -0.2) is 4.98 Å². The monoisotopic (exact) mass is 300 g/mol. The lowest BCUT2D eigenvalue weighted by Crippen LogP contribution is -1.93. The van der Waals surface area contributed by atoms with Gasteiger partial charge >= 0.3 is 0 Å². The van der Waals surface area contributed by atoms with E-state index in [9.17, 15) is 0 Å². The van der Waals surface area contributed by atoms with Crippen LogP contribution in [0.15, 0.2) is 47.7 Å². The van der Waals surface area contributed by atoms with Crippen LogP contribution < -0.4 is 10.2 Å². The second-order valence-electron chi connectivity index (χ2n) is 4.37. The number of pyridine rings is 1. The van der Waals surface area contributed by atoms with E-state index in [2.05, 4.69) is 20.5 Å². The maximum atomic E-state index is 5.81. The highest BCUT2D eigenvalue weighted by atomic mass is 35.5. The predicted molar refractivity (Wildman–Crippen MR) is 85.3 cm³/mol. The lowest BCUT2D eigenvalue weighted by Gasteiger charge is -2.00. The fourth-order valence-electron chi connectivity index (χ4n) is 1.99. The summed E-state index contributed by atoms with van der Waals surface area (Å²) in [6.07, 6.45) is 3.61. The highest BCUT2D eigenvalue weighted by molar-refractivity contribution is 6.29. The van der Waals surface area contributed by atoms with E-state index >= 15 is 0 Å². The highest BCUT2D eigenvalue weighted by Crippen LogP contribution is 2.22. The molecular formula is C15H13ClN4O. The number of nitrogens with one attached hydrogen (secondary N) is 2. The number of H-pyrrole nitrogens is 1. The van der Waals surface area contributed by atoms with E-state index in [1.807, 2.05) is 30.5 Å². The molecule has 106 valence electrons. The van der Waals surface area contributed by atoms with Gasteiger partial charge in [0.1, 0.15) is 16.7 Å². The van der Waals surface area contributed by atoms with Gasteiger partial charge in [-0.3, -0.25) is 5.43 Å². The molecule has 3 aromatic rings. The van der Waals surface area contributed by atoms with Gasteiger partial charge in [0.15, 0.2) is 0 Å². The first-order valence-corrected chi connectivity index (χ1v) is 6.71. The molecule has 2 N–H and O–H groups in total. The minimum Gasteiger partial charge on any atom is -0.497 e. The van der Waals surface area contributed by atoms with E-state index < -0.39 is 0 Å². The molecule has 0 bridgehead atoms. The predicted octanol–water partition coefficient (Wildman–Crippen LogP) is 3.67. The van der Waals surface area contributed by atoms with Crippen molar-refractivity contribution in [2.24, 2.45) is 5.10 Å². The zero-order valence-electron chi connectivity index (χ0n) is 11.3. The molecule has 2 aromatic heterocycles. The second-order valence-corrected chi connectivity index (χ2v) is 4.76. The number of rotatable bonds is 4. The third kappa shape index (κ3) is 2.98. The van der Waals surface area contributed by atoms with Gasteiger partial charge in [-0.15, -0.1) is 0 Å². The smallest absolute Gasteiger partial charge is 0.147 e. The van der Waals surface area contributed by atoms with E-state index in [-0.39, 0.29) is 0 Å². The van der Waals surface area contributed by atoms with E-state index in [4.69, 9.17) is 16.3 Å². The molecule has 0 aliphatic heterocycles. The number of nitrogens with zero attached hydrogens (tertiary/aromatic N) is 2. The van der Waals surface area contributed by atoms with Crippen LogP contribution in [0.2, 0.25) is 5.15 Å². The molecule has 0 aliphatic rings. The van der Waals surface area contributed by atoms with Crippen molar-refractivity contribution in [2.45, 2.75) is 0 Å². The molecule has 0 radical (unpaired) electrons. The van der Waals surface area contributed by atoms with Crippen molar-refractivity contribution in [1.29, 1.82) is 0 Å². The average molecular weight is 301 g/mol. The van der Waals surface area contributed by atoms with Crippen molar-refractivity contribution in [2.75, 3.05) is 12.5 Å². The molecule has 0 unspecified atom stereocenters. The molecule has 0 aliphatic carbocycles. The fraction of sp³-hybridized carbons (Fsp3) is 0.0667. The quantitative estimate of drug-likeness (QED) is 0.439. The van der Waals surface area contributed by atoms with Crippen LogP contribution in [0.25, 0.3) is 10.9 Å². The Hall–Kier alpha value is -2.53. The van der Waals surface area contributed by atoms with E-state index in [0.29, 0.717) is 11.0 Å². The van der Waals surface area contributed by atoms with Crippen LogP contribution in [-0.2, 0) is 0 Å². The van der Waals surface area contributed by atoms with Crippen molar-refractivity contribution >= 4 is 34.5 Å². The summed E-state index contributed by atoms with van der Waals surface area (Å²) in [6.45, 7) is 0. The Bertz CT molecular complexity index is 797. The van der Waals surface area contributed by atoms with Gasteiger partial charge < -0.3 is 9.72 Å². The molecule has 3 rings (SSSR count). The van der Waals surface area contributed by atoms with Crippen LogP contribution in [0.5, 0.6) is 5.75 Å². The van der Waals surface area contributed by atoms with E-state index in [0.717, 1.165) is 22.2 Å². The van der Waals surface area contributed by atoms with E-state index in [1.54, 1.807) is 25.5 Å². The van der Waals surface area contributed by atoms with Crippen LogP contribution in [-0.4, -0.2) is 23.3 Å². The number of hydrogen-bond acceptors (Lipinski definition) is 4. The number of halogens is 1. The highest BCUT2D eigenvalue weighted by Gasteiger charge is 2.03. The summed E-state index contributed by atoms with van der Waals surface area (Å²) < 4.78 is 5.23. The van der Waals surface area contributed by atoms with Gasteiger partial charge in [-0.05, 0) is 30.3 Å². The fourth-order valence-corrected chi connectivity index (χ4v) is 2.16. The van der Waals surface area contributed by atoms with Crippen molar-refractivity contribution in [3.8, 4) is 5.75 Å². The SMILES string of the molecule is COc1ccc2[nH]cc(/C=N/Nc3cccc(Cl)n3)c2c1. The summed E-state index contributed by atoms with van der Waals surface area (Å²) in [5.41, 5.74) is 4.83. The average Bonchev–Trinajstić information content (AvgIpc) is 2.90. The molecule has 0 saturated carbocycles. The number of aromatic nitrogens is 2. The third-order valence-corrected chi connectivity index (χ3v) is 3.23. The standard InChI is InChI=1S/C15H13ClN4O/c1-21-11-5-6-13-12(7-11)10(8-17-13)9-18-20-15-4-2-3-14(16)19-15/h2-9,17H,1H3,(H,19,20)/b18-9+. The Morgan fingerprint density at radius 2 is 2.24 bits per heavy atom. The number of aromatic amines is 1. The lowest BCUT2D eigenvalue weighted by molar-refractivity contribution is 0.415. The number of hydrazone groups is 1. The summed E-state index contributed by atoms with van der Waals surface area (Å²) in [5.74, 6) is 1.40.